The Hall–Kier alpha value is -2.92. The fourth-order valence-electron chi connectivity index (χ4n) is 2.83. The first-order valence-electron chi connectivity index (χ1n) is 9.14. The van der Waals surface area contributed by atoms with Gasteiger partial charge in [0, 0.05) is 23.2 Å². The number of hydrazone groups is 1. The van der Waals surface area contributed by atoms with E-state index < -0.39 is 0 Å². The van der Waals surface area contributed by atoms with Gasteiger partial charge in [0.1, 0.15) is 0 Å². The molecule has 0 aliphatic carbocycles. The lowest BCUT2D eigenvalue weighted by molar-refractivity contribution is 0.0954. The third kappa shape index (κ3) is 5.30. The van der Waals surface area contributed by atoms with Gasteiger partial charge < -0.3 is 4.90 Å². The maximum Gasteiger partial charge on any atom is 0.272 e. The average Bonchev–Trinajstić information content (AvgIpc) is 2.73. The fraction of sp³-hybridized carbons (Fsp3) is 0.130. The molecular weight excluding hydrogens is 414 g/mol. The zero-order valence-corrected chi connectivity index (χ0v) is 17.3. The van der Waals surface area contributed by atoms with Crippen molar-refractivity contribution >= 4 is 33.7 Å². The lowest BCUT2D eigenvalue weighted by Crippen LogP contribution is -2.21. The van der Waals surface area contributed by atoms with Gasteiger partial charge in [-0.15, -0.1) is 0 Å². The van der Waals surface area contributed by atoms with Gasteiger partial charge in [0.15, 0.2) is 0 Å². The highest BCUT2D eigenvalue weighted by atomic mass is 79.9. The molecule has 0 aliphatic heterocycles. The zero-order valence-electron chi connectivity index (χ0n) is 15.7. The highest BCUT2D eigenvalue weighted by Gasteiger charge is 2.08. The number of halogens is 1. The number of rotatable bonds is 7. The van der Waals surface area contributed by atoms with Crippen LogP contribution in [0, 0.1) is 0 Å². The van der Waals surface area contributed by atoms with Crippen molar-refractivity contribution in [3.8, 4) is 0 Å². The summed E-state index contributed by atoms with van der Waals surface area (Å²) in [6.45, 7) is 3.94. The Labute approximate surface area is 174 Å². The van der Waals surface area contributed by atoms with Crippen LogP contribution < -0.4 is 10.3 Å². The Morgan fingerprint density at radius 2 is 1.68 bits per heavy atom. The first-order valence-corrected chi connectivity index (χ1v) is 9.93. The maximum atomic E-state index is 12.2. The van der Waals surface area contributed by atoms with Gasteiger partial charge in [-0.3, -0.25) is 4.79 Å². The third-order valence-electron chi connectivity index (χ3n) is 4.35. The van der Waals surface area contributed by atoms with Crippen LogP contribution in [-0.2, 0) is 6.54 Å². The van der Waals surface area contributed by atoms with Crippen molar-refractivity contribution in [3.05, 3.63) is 100 Å². The van der Waals surface area contributed by atoms with Crippen LogP contribution in [-0.4, -0.2) is 18.7 Å². The first-order chi connectivity index (χ1) is 13.7. The number of nitrogens with one attached hydrogen (secondary N) is 1. The Bertz CT molecular complexity index is 940. The van der Waals surface area contributed by atoms with Gasteiger partial charge in [-0.2, -0.15) is 5.10 Å². The molecule has 0 bridgehead atoms. The third-order valence-corrected chi connectivity index (χ3v) is 5.05. The highest BCUT2D eigenvalue weighted by molar-refractivity contribution is 9.10. The molecule has 0 saturated carbocycles. The SMILES string of the molecule is CCN(Cc1ccccc1)c1ccc(C=NNC(=O)c2ccccc2Br)cc1. The molecule has 0 aromatic heterocycles. The summed E-state index contributed by atoms with van der Waals surface area (Å²) in [5.41, 5.74) is 6.47. The van der Waals surface area contributed by atoms with Gasteiger partial charge in [0.25, 0.3) is 5.91 Å². The molecule has 0 unspecified atom stereocenters. The predicted octanol–water partition coefficient (Wildman–Crippen LogP) is 5.24. The Morgan fingerprint density at radius 3 is 2.36 bits per heavy atom. The number of hydrogen-bond acceptors (Lipinski definition) is 3. The molecule has 3 rings (SSSR count). The average molecular weight is 436 g/mol. The van der Waals surface area contributed by atoms with Crippen LogP contribution in [0.25, 0.3) is 0 Å². The second-order valence-corrected chi connectivity index (χ2v) is 7.12. The van der Waals surface area contributed by atoms with E-state index in [9.17, 15) is 4.79 Å². The van der Waals surface area contributed by atoms with Crippen LogP contribution >= 0.6 is 15.9 Å². The molecule has 0 atom stereocenters. The second kappa shape index (κ2) is 9.85. The standard InChI is InChI=1S/C23H22BrN3O/c1-2-27(17-19-8-4-3-5-9-19)20-14-12-18(13-15-20)16-25-26-23(28)21-10-6-7-11-22(21)24/h3-16H,2,17H2,1H3,(H,26,28). The molecule has 28 heavy (non-hydrogen) atoms. The summed E-state index contributed by atoms with van der Waals surface area (Å²) in [6, 6.07) is 25.8. The molecule has 3 aromatic carbocycles. The van der Waals surface area contributed by atoms with Crippen LogP contribution in [0.2, 0.25) is 0 Å². The molecule has 1 N–H and O–H groups in total. The summed E-state index contributed by atoms with van der Waals surface area (Å²) in [6.07, 6.45) is 1.64. The maximum absolute atomic E-state index is 12.2. The molecule has 0 spiro atoms. The smallest absolute Gasteiger partial charge is 0.272 e. The van der Waals surface area contributed by atoms with E-state index in [4.69, 9.17) is 0 Å². The Balaban J connectivity index is 1.61. The van der Waals surface area contributed by atoms with Crippen molar-refractivity contribution in [2.75, 3.05) is 11.4 Å². The molecule has 0 heterocycles. The molecule has 142 valence electrons. The number of anilines is 1. The number of nitrogens with zero attached hydrogens (tertiary/aromatic N) is 2. The van der Waals surface area contributed by atoms with E-state index in [-0.39, 0.29) is 5.91 Å². The number of amides is 1. The normalized spacial score (nSPS) is 10.8. The minimum atomic E-state index is -0.250. The lowest BCUT2D eigenvalue weighted by Gasteiger charge is -2.23. The largest absolute Gasteiger partial charge is 0.367 e. The van der Waals surface area contributed by atoms with E-state index in [1.54, 1.807) is 12.3 Å². The van der Waals surface area contributed by atoms with Crippen LogP contribution in [0.1, 0.15) is 28.4 Å². The lowest BCUT2D eigenvalue weighted by atomic mass is 10.1. The van der Waals surface area contributed by atoms with Gasteiger partial charge in [0.05, 0.1) is 11.8 Å². The van der Waals surface area contributed by atoms with Crippen LogP contribution in [0.4, 0.5) is 5.69 Å². The van der Waals surface area contributed by atoms with Gasteiger partial charge in [-0.05, 0) is 58.2 Å². The van der Waals surface area contributed by atoms with Crippen LogP contribution in [0.5, 0.6) is 0 Å². The van der Waals surface area contributed by atoms with Gasteiger partial charge in [-0.1, -0.05) is 54.6 Å². The predicted molar refractivity (Wildman–Crippen MR) is 119 cm³/mol. The second-order valence-electron chi connectivity index (χ2n) is 6.27. The van der Waals surface area contributed by atoms with Crippen LogP contribution in [0.15, 0.2) is 88.4 Å². The van der Waals surface area contributed by atoms with Crippen molar-refractivity contribution in [1.29, 1.82) is 0 Å². The van der Waals surface area contributed by atoms with Gasteiger partial charge in [0.2, 0.25) is 0 Å². The van der Waals surface area contributed by atoms with E-state index in [0.29, 0.717) is 5.56 Å². The molecule has 0 saturated heterocycles. The van der Waals surface area contributed by atoms with Crippen molar-refractivity contribution < 1.29 is 4.79 Å². The first kappa shape index (κ1) is 19.8. The summed E-state index contributed by atoms with van der Waals surface area (Å²) in [7, 11) is 0. The van der Waals surface area contributed by atoms with Crippen molar-refractivity contribution in [1.82, 2.24) is 5.43 Å². The molecule has 1 amide bonds. The quantitative estimate of drug-likeness (QED) is 0.407. The van der Waals surface area contributed by atoms with E-state index in [2.05, 4.69) is 74.7 Å². The molecular formula is C23H22BrN3O. The Kier molecular flexibility index (Phi) is 6.98. The molecule has 5 heteroatoms. The number of carbonyl (C=O) groups excluding carboxylic acids is 1. The van der Waals surface area contributed by atoms with E-state index in [1.165, 1.54) is 5.56 Å². The summed E-state index contributed by atoms with van der Waals surface area (Å²) in [5.74, 6) is -0.250. The number of carbonyl (C=O) groups is 1. The van der Waals surface area contributed by atoms with Crippen molar-refractivity contribution in [2.24, 2.45) is 5.10 Å². The molecule has 4 nitrogen and oxygen atoms in total. The Morgan fingerprint density at radius 1 is 1.00 bits per heavy atom. The molecule has 0 fully saturated rings. The van der Waals surface area contributed by atoms with Gasteiger partial charge >= 0.3 is 0 Å². The summed E-state index contributed by atoms with van der Waals surface area (Å²) < 4.78 is 0.741. The summed E-state index contributed by atoms with van der Waals surface area (Å²) in [5, 5.41) is 4.06. The molecule has 3 aromatic rings. The number of hydrogen-bond donors (Lipinski definition) is 1. The molecule has 0 aliphatic rings. The summed E-state index contributed by atoms with van der Waals surface area (Å²) >= 11 is 3.37. The summed E-state index contributed by atoms with van der Waals surface area (Å²) in [4.78, 5) is 14.5. The minimum absolute atomic E-state index is 0.250. The topological polar surface area (TPSA) is 44.7 Å². The van der Waals surface area contributed by atoms with E-state index in [0.717, 1.165) is 28.8 Å². The fourth-order valence-corrected chi connectivity index (χ4v) is 3.30. The van der Waals surface area contributed by atoms with Crippen molar-refractivity contribution in [2.45, 2.75) is 13.5 Å². The minimum Gasteiger partial charge on any atom is -0.367 e. The monoisotopic (exact) mass is 435 g/mol. The molecule has 0 radical (unpaired) electrons. The zero-order chi connectivity index (χ0) is 19.8. The van der Waals surface area contributed by atoms with E-state index >= 15 is 0 Å². The van der Waals surface area contributed by atoms with Gasteiger partial charge in [-0.25, -0.2) is 5.43 Å². The van der Waals surface area contributed by atoms with E-state index in [1.807, 2.05) is 36.4 Å². The van der Waals surface area contributed by atoms with Crippen LogP contribution in [0.3, 0.4) is 0 Å². The number of benzene rings is 3. The van der Waals surface area contributed by atoms with Crippen molar-refractivity contribution in [3.63, 3.8) is 0 Å². The highest BCUT2D eigenvalue weighted by Crippen LogP contribution is 2.18.